The van der Waals surface area contributed by atoms with Gasteiger partial charge in [0.05, 0.1) is 18.8 Å². The molecule has 0 radical (unpaired) electrons. The first-order chi connectivity index (χ1) is 9.39. The summed E-state index contributed by atoms with van der Waals surface area (Å²) in [5.74, 6) is 1.26. The highest BCUT2D eigenvalue weighted by molar-refractivity contribution is 5.95. The number of nitrogens with two attached hydrogens (primary N) is 1. The molecule has 20 heavy (non-hydrogen) atoms. The van der Waals surface area contributed by atoms with Crippen molar-refractivity contribution >= 4 is 5.84 Å². The fourth-order valence-electron chi connectivity index (χ4n) is 2.31. The molecule has 0 aliphatic carbocycles. The Bertz CT molecular complexity index is 500. The summed E-state index contributed by atoms with van der Waals surface area (Å²) in [6, 6.07) is 5.24. The van der Waals surface area contributed by atoms with Crippen LogP contribution in [0.2, 0.25) is 0 Å². The zero-order chi connectivity index (χ0) is 14.8. The van der Waals surface area contributed by atoms with Gasteiger partial charge >= 0.3 is 0 Å². The zero-order valence-electron chi connectivity index (χ0n) is 12.2. The molecule has 1 aromatic rings. The fourth-order valence-corrected chi connectivity index (χ4v) is 2.31. The molecule has 1 saturated heterocycles. The van der Waals surface area contributed by atoms with Crippen LogP contribution < -0.4 is 15.2 Å². The van der Waals surface area contributed by atoms with Crippen molar-refractivity contribution in [2.45, 2.75) is 38.4 Å². The van der Waals surface area contributed by atoms with Gasteiger partial charge in [-0.15, -0.1) is 0 Å². The summed E-state index contributed by atoms with van der Waals surface area (Å²) in [5, 5.41) is 7.50. The Labute approximate surface area is 119 Å². The van der Waals surface area contributed by atoms with Gasteiger partial charge in [-0.3, -0.25) is 5.41 Å². The maximum absolute atomic E-state index is 7.50. The molecule has 5 heteroatoms. The number of amidine groups is 1. The molecule has 0 amide bonds. The molecule has 1 aromatic carbocycles. The van der Waals surface area contributed by atoms with Crippen LogP contribution in [0.4, 0.5) is 0 Å². The van der Waals surface area contributed by atoms with Crippen molar-refractivity contribution in [2.24, 2.45) is 5.73 Å². The lowest BCUT2D eigenvalue weighted by molar-refractivity contribution is -0.0326. The van der Waals surface area contributed by atoms with Gasteiger partial charge < -0.3 is 19.9 Å². The largest absolute Gasteiger partial charge is 0.497 e. The predicted molar refractivity (Wildman–Crippen MR) is 77.7 cm³/mol. The van der Waals surface area contributed by atoms with Gasteiger partial charge in [-0.05, 0) is 38.8 Å². The number of ether oxygens (including phenoxy) is 3. The van der Waals surface area contributed by atoms with Gasteiger partial charge in [0.2, 0.25) is 0 Å². The number of nitrogens with one attached hydrogen (secondary N) is 1. The molecular weight excluding hydrogens is 256 g/mol. The molecular formula is C15H22N2O3. The number of nitrogen functional groups attached to an aromatic ring is 1. The molecule has 1 heterocycles. The molecule has 3 N–H and O–H groups in total. The lowest BCUT2D eigenvalue weighted by Crippen LogP contribution is -2.24. The maximum atomic E-state index is 7.50. The molecule has 0 bridgehead atoms. The summed E-state index contributed by atoms with van der Waals surface area (Å²) < 4.78 is 16.8. The molecule has 1 aliphatic rings. The molecule has 0 spiro atoms. The van der Waals surface area contributed by atoms with E-state index in [4.69, 9.17) is 25.4 Å². The molecule has 1 fully saturated rings. The minimum absolute atomic E-state index is 0.00741. The Hall–Kier alpha value is -1.75. The SMILES string of the molecule is COc1cc(OCC2CCC(C)(C)O2)cc(C(=N)N)c1. The quantitative estimate of drug-likeness (QED) is 0.640. The van der Waals surface area contributed by atoms with E-state index in [1.807, 2.05) is 0 Å². The van der Waals surface area contributed by atoms with Gasteiger partial charge in [0, 0.05) is 11.6 Å². The van der Waals surface area contributed by atoms with Crippen molar-refractivity contribution in [3.05, 3.63) is 23.8 Å². The fraction of sp³-hybridized carbons (Fsp3) is 0.533. The number of benzene rings is 1. The van der Waals surface area contributed by atoms with Crippen LogP contribution in [0.25, 0.3) is 0 Å². The van der Waals surface area contributed by atoms with E-state index in [-0.39, 0.29) is 17.5 Å². The van der Waals surface area contributed by atoms with Crippen molar-refractivity contribution < 1.29 is 14.2 Å². The monoisotopic (exact) mass is 278 g/mol. The summed E-state index contributed by atoms with van der Waals surface area (Å²) in [6.07, 6.45) is 2.14. The molecule has 0 saturated carbocycles. The smallest absolute Gasteiger partial charge is 0.123 e. The third-order valence-electron chi connectivity index (χ3n) is 3.42. The normalized spacial score (nSPS) is 20.6. The Morgan fingerprint density at radius 3 is 2.65 bits per heavy atom. The van der Waals surface area contributed by atoms with Crippen LogP contribution in [0, 0.1) is 5.41 Å². The van der Waals surface area contributed by atoms with E-state index < -0.39 is 0 Å². The number of hydrogen-bond acceptors (Lipinski definition) is 4. The van der Waals surface area contributed by atoms with Crippen molar-refractivity contribution in [1.29, 1.82) is 5.41 Å². The van der Waals surface area contributed by atoms with Gasteiger partial charge in [-0.2, -0.15) is 0 Å². The van der Waals surface area contributed by atoms with Gasteiger partial charge in [-0.1, -0.05) is 0 Å². The van der Waals surface area contributed by atoms with Gasteiger partial charge in [-0.25, -0.2) is 0 Å². The van der Waals surface area contributed by atoms with Crippen LogP contribution in [0.1, 0.15) is 32.3 Å². The molecule has 5 nitrogen and oxygen atoms in total. The first-order valence-corrected chi connectivity index (χ1v) is 6.74. The number of hydrogen-bond donors (Lipinski definition) is 2. The van der Waals surface area contributed by atoms with Gasteiger partial charge in [0.25, 0.3) is 0 Å². The summed E-state index contributed by atoms with van der Waals surface area (Å²) in [6.45, 7) is 4.67. The average Bonchev–Trinajstić information content (AvgIpc) is 2.75. The lowest BCUT2D eigenvalue weighted by Gasteiger charge is -2.19. The third kappa shape index (κ3) is 3.63. The first kappa shape index (κ1) is 14.7. The van der Waals surface area contributed by atoms with Crippen molar-refractivity contribution in [2.75, 3.05) is 13.7 Å². The average molecular weight is 278 g/mol. The molecule has 110 valence electrons. The Morgan fingerprint density at radius 1 is 1.40 bits per heavy atom. The van der Waals surface area contributed by atoms with Crippen LogP contribution in [-0.2, 0) is 4.74 Å². The Kier molecular flexibility index (Phi) is 4.18. The van der Waals surface area contributed by atoms with Gasteiger partial charge in [0.15, 0.2) is 0 Å². The summed E-state index contributed by atoms with van der Waals surface area (Å²) in [4.78, 5) is 0. The molecule has 1 unspecified atom stereocenters. The second kappa shape index (κ2) is 5.71. The second-order valence-electron chi connectivity index (χ2n) is 5.66. The molecule has 1 atom stereocenters. The summed E-state index contributed by atoms with van der Waals surface area (Å²) in [5.41, 5.74) is 6.03. The van der Waals surface area contributed by atoms with Crippen LogP contribution in [0.5, 0.6) is 11.5 Å². The van der Waals surface area contributed by atoms with E-state index in [9.17, 15) is 0 Å². The van der Waals surface area contributed by atoms with Crippen LogP contribution in [0.15, 0.2) is 18.2 Å². The minimum atomic E-state index is -0.0626. The molecule has 1 aliphatic heterocycles. The molecule has 2 rings (SSSR count). The highest BCUT2D eigenvalue weighted by Crippen LogP contribution is 2.30. The van der Waals surface area contributed by atoms with Crippen molar-refractivity contribution in [3.63, 3.8) is 0 Å². The topological polar surface area (TPSA) is 77.6 Å². The standard InChI is InChI=1S/C15H22N2O3/c1-15(2)5-4-11(20-15)9-19-13-7-10(14(16)17)6-12(8-13)18-3/h6-8,11H,4-5,9H2,1-3H3,(H3,16,17). The Morgan fingerprint density at radius 2 is 2.10 bits per heavy atom. The summed E-state index contributed by atoms with van der Waals surface area (Å²) >= 11 is 0. The van der Waals surface area contributed by atoms with Crippen LogP contribution in [-0.4, -0.2) is 31.3 Å². The van der Waals surface area contributed by atoms with E-state index in [0.29, 0.717) is 23.7 Å². The zero-order valence-corrected chi connectivity index (χ0v) is 12.2. The summed E-state index contributed by atoms with van der Waals surface area (Å²) in [7, 11) is 1.58. The second-order valence-corrected chi connectivity index (χ2v) is 5.66. The molecule has 0 aromatic heterocycles. The first-order valence-electron chi connectivity index (χ1n) is 6.74. The minimum Gasteiger partial charge on any atom is -0.497 e. The van der Waals surface area contributed by atoms with Crippen LogP contribution in [0.3, 0.4) is 0 Å². The Balaban J connectivity index is 2.02. The lowest BCUT2D eigenvalue weighted by atomic mass is 10.1. The third-order valence-corrected chi connectivity index (χ3v) is 3.42. The highest BCUT2D eigenvalue weighted by atomic mass is 16.6. The number of rotatable bonds is 5. The van der Waals surface area contributed by atoms with Crippen molar-refractivity contribution in [3.8, 4) is 11.5 Å². The van der Waals surface area contributed by atoms with E-state index in [1.54, 1.807) is 25.3 Å². The van der Waals surface area contributed by atoms with Gasteiger partial charge in [0.1, 0.15) is 23.9 Å². The maximum Gasteiger partial charge on any atom is 0.123 e. The van der Waals surface area contributed by atoms with Crippen molar-refractivity contribution in [1.82, 2.24) is 0 Å². The van der Waals surface area contributed by atoms with E-state index in [1.165, 1.54) is 0 Å². The highest BCUT2D eigenvalue weighted by Gasteiger charge is 2.31. The van der Waals surface area contributed by atoms with E-state index in [2.05, 4.69) is 13.8 Å². The number of methoxy groups -OCH3 is 1. The van der Waals surface area contributed by atoms with Crippen LogP contribution >= 0.6 is 0 Å². The van der Waals surface area contributed by atoms with E-state index >= 15 is 0 Å². The van der Waals surface area contributed by atoms with E-state index in [0.717, 1.165) is 12.8 Å². The predicted octanol–water partition coefficient (Wildman–Crippen LogP) is 2.32.